The largest absolute Gasteiger partial charge is 0.504 e. The molecular weight excluding hydrogens is 526 g/mol. The molecule has 3 aromatic carbocycles. The number of hydrogen-bond acceptors (Lipinski definition) is 7. The first kappa shape index (κ1) is 27.2. The van der Waals surface area contributed by atoms with Gasteiger partial charge in [-0.1, -0.05) is 47.7 Å². The highest BCUT2D eigenvalue weighted by atomic mass is 32.1. The fraction of sp³-hybridized carbons (Fsp3) is 0.258. The quantitative estimate of drug-likeness (QED) is 0.371. The Bertz CT molecular complexity index is 1830. The first-order chi connectivity index (χ1) is 19.3. The van der Waals surface area contributed by atoms with Crippen LogP contribution in [-0.4, -0.2) is 47.8 Å². The molecule has 1 amide bonds. The maximum absolute atomic E-state index is 14.1. The number of rotatable bonds is 7. The number of methoxy groups -OCH3 is 2. The number of aromatic hydroxyl groups is 1. The van der Waals surface area contributed by atoms with Gasteiger partial charge in [0.1, 0.15) is 11.8 Å². The lowest BCUT2D eigenvalue weighted by atomic mass is 9.90. The average Bonchev–Trinajstić information content (AvgIpc) is 3.26. The molecule has 1 aromatic heterocycles. The highest BCUT2D eigenvalue weighted by Gasteiger charge is 2.36. The number of ether oxygens (including phenoxy) is 2. The molecule has 5 rings (SSSR count). The number of amides is 1. The Morgan fingerprint density at radius 3 is 2.45 bits per heavy atom. The zero-order valence-electron chi connectivity index (χ0n) is 23.1. The number of nitrogens with zero attached hydrogens (tertiary/aromatic N) is 3. The van der Waals surface area contributed by atoms with Crippen molar-refractivity contribution in [1.82, 2.24) is 9.47 Å². The van der Waals surface area contributed by atoms with Gasteiger partial charge in [-0.05, 0) is 61.4 Å². The zero-order chi connectivity index (χ0) is 28.6. The monoisotopic (exact) mass is 557 g/mol. The second kappa shape index (κ2) is 11.0. The summed E-state index contributed by atoms with van der Waals surface area (Å²) in [7, 11) is 3.07. The molecule has 0 aliphatic carbocycles. The number of phenols is 1. The van der Waals surface area contributed by atoms with Crippen LogP contribution in [0.1, 0.15) is 37.9 Å². The van der Waals surface area contributed by atoms with E-state index in [1.54, 1.807) is 40.9 Å². The molecule has 206 valence electrons. The number of aromatic nitrogens is 1. The maximum Gasteiger partial charge on any atom is 0.271 e. The predicted molar refractivity (Wildman–Crippen MR) is 157 cm³/mol. The molecule has 2 heterocycles. The Labute approximate surface area is 235 Å². The van der Waals surface area contributed by atoms with E-state index in [-0.39, 0.29) is 17.2 Å². The second-order valence-electron chi connectivity index (χ2n) is 9.39. The lowest BCUT2D eigenvalue weighted by Crippen LogP contribution is -2.43. The molecule has 0 unspecified atom stereocenters. The van der Waals surface area contributed by atoms with Gasteiger partial charge in [-0.25, -0.2) is 4.99 Å². The van der Waals surface area contributed by atoms with Crippen LogP contribution in [0, 0.1) is 0 Å². The van der Waals surface area contributed by atoms with E-state index < -0.39 is 6.04 Å². The van der Waals surface area contributed by atoms with Gasteiger partial charge in [0.15, 0.2) is 16.3 Å². The first-order valence-electron chi connectivity index (χ1n) is 13.1. The van der Waals surface area contributed by atoms with Crippen LogP contribution in [0.4, 0.5) is 0 Å². The number of carbonyl (C=O) groups is 1. The standard InChI is InChI=1S/C31H31N3O5S/c1-6-33(7-2)30(37)26-18(3)32-31-34(28(26)27-21-11-9-8-10-20(21)13-15-24(27)39-5)29(36)25(40-31)17-19-12-14-23(38-4)22(35)16-19/h8-17,28,35H,6-7H2,1-5H3/b25-17+/t28-/m1/s1. The van der Waals surface area contributed by atoms with Gasteiger partial charge in [0, 0.05) is 18.7 Å². The van der Waals surface area contributed by atoms with Crippen molar-refractivity contribution in [3.63, 3.8) is 0 Å². The van der Waals surface area contributed by atoms with E-state index in [1.807, 2.05) is 57.2 Å². The van der Waals surface area contributed by atoms with Crippen LogP contribution in [0.15, 0.2) is 75.7 Å². The lowest BCUT2D eigenvalue weighted by Gasteiger charge is -2.30. The number of carbonyl (C=O) groups excluding carboxylic acids is 1. The van der Waals surface area contributed by atoms with Crippen LogP contribution in [0.5, 0.6) is 17.2 Å². The summed E-state index contributed by atoms with van der Waals surface area (Å²) in [5.41, 5.74) is 2.10. The molecule has 0 spiro atoms. The lowest BCUT2D eigenvalue weighted by molar-refractivity contribution is -0.127. The van der Waals surface area contributed by atoms with Gasteiger partial charge in [-0.3, -0.25) is 14.2 Å². The van der Waals surface area contributed by atoms with E-state index in [0.29, 0.717) is 50.8 Å². The van der Waals surface area contributed by atoms with E-state index in [2.05, 4.69) is 0 Å². The number of hydrogen-bond donors (Lipinski definition) is 1. The van der Waals surface area contributed by atoms with Crippen LogP contribution in [-0.2, 0) is 4.79 Å². The predicted octanol–water partition coefficient (Wildman–Crippen LogP) is 3.98. The Balaban J connectivity index is 1.83. The van der Waals surface area contributed by atoms with Crippen molar-refractivity contribution in [3.05, 3.63) is 96.7 Å². The fourth-order valence-corrected chi connectivity index (χ4v) is 6.28. The second-order valence-corrected chi connectivity index (χ2v) is 10.4. The summed E-state index contributed by atoms with van der Waals surface area (Å²) in [4.78, 5) is 35.1. The van der Waals surface area contributed by atoms with Crippen LogP contribution in [0.3, 0.4) is 0 Å². The molecule has 0 saturated heterocycles. The SMILES string of the molecule is CCN(CC)C(=O)C1=C(C)N=c2s/c(=C/c3ccc(OC)c(O)c3)c(=O)n2[C@H]1c1c(OC)ccc2ccccc12. The number of thiazole rings is 1. The van der Waals surface area contributed by atoms with Gasteiger partial charge in [0.2, 0.25) is 0 Å². The van der Waals surface area contributed by atoms with Crippen molar-refractivity contribution < 1.29 is 19.4 Å². The molecular formula is C31H31N3O5S. The van der Waals surface area contributed by atoms with E-state index in [0.717, 1.165) is 16.3 Å². The third-order valence-corrected chi connectivity index (χ3v) is 8.21. The van der Waals surface area contributed by atoms with Gasteiger partial charge in [-0.2, -0.15) is 0 Å². The molecule has 0 fully saturated rings. The topological polar surface area (TPSA) is 93.4 Å². The van der Waals surface area contributed by atoms with Crippen LogP contribution >= 0.6 is 11.3 Å². The molecule has 1 atom stereocenters. The number of likely N-dealkylation sites (N-methyl/N-ethyl adjacent to an activating group) is 1. The molecule has 9 heteroatoms. The molecule has 1 N–H and O–H groups in total. The molecule has 0 radical (unpaired) electrons. The summed E-state index contributed by atoms with van der Waals surface area (Å²) in [6.45, 7) is 6.74. The number of benzene rings is 3. The summed E-state index contributed by atoms with van der Waals surface area (Å²) in [5.74, 6) is 0.737. The van der Waals surface area contributed by atoms with Crippen LogP contribution in [0.2, 0.25) is 0 Å². The smallest absolute Gasteiger partial charge is 0.271 e. The summed E-state index contributed by atoms with van der Waals surface area (Å²) in [5, 5.41) is 12.1. The van der Waals surface area contributed by atoms with Gasteiger partial charge in [-0.15, -0.1) is 0 Å². The molecule has 4 aromatic rings. The summed E-state index contributed by atoms with van der Waals surface area (Å²) >= 11 is 1.24. The van der Waals surface area contributed by atoms with Gasteiger partial charge in [0.25, 0.3) is 11.5 Å². The Kier molecular flexibility index (Phi) is 7.49. The fourth-order valence-electron chi connectivity index (χ4n) is 5.23. The van der Waals surface area contributed by atoms with E-state index in [1.165, 1.54) is 18.4 Å². The minimum Gasteiger partial charge on any atom is -0.504 e. The molecule has 0 saturated carbocycles. The summed E-state index contributed by atoms with van der Waals surface area (Å²) < 4.78 is 13.0. The minimum atomic E-state index is -0.753. The van der Waals surface area contributed by atoms with E-state index in [9.17, 15) is 14.7 Å². The highest BCUT2D eigenvalue weighted by Crippen LogP contribution is 2.40. The van der Waals surface area contributed by atoms with Crippen molar-refractivity contribution in [2.24, 2.45) is 4.99 Å². The normalized spacial score (nSPS) is 15.1. The number of phenolic OH excluding ortho intramolecular Hbond substituents is 1. The van der Waals surface area contributed by atoms with Gasteiger partial charge >= 0.3 is 0 Å². The van der Waals surface area contributed by atoms with Crippen LogP contribution in [0.25, 0.3) is 16.8 Å². The van der Waals surface area contributed by atoms with Gasteiger partial charge in [0.05, 0.1) is 30.0 Å². The van der Waals surface area contributed by atoms with Crippen molar-refractivity contribution in [1.29, 1.82) is 0 Å². The Morgan fingerprint density at radius 2 is 1.77 bits per heavy atom. The Morgan fingerprint density at radius 1 is 1.07 bits per heavy atom. The zero-order valence-corrected chi connectivity index (χ0v) is 23.9. The highest BCUT2D eigenvalue weighted by molar-refractivity contribution is 7.07. The molecule has 40 heavy (non-hydrogen) atoms. The average molecular weight is 558 g/mol. The van der Waals surface area contributed by atoms with E-state index in [4.69, 9.17) is 14.5 Å². The van der Waals surface area contributed by atoms with Crippen molar-refractivity contribution in [3.8, 4) is 17.2 Å². The number of fused-ring (bicyclic) bond motifs is 2. The molecule has 1 aliphatic heterocycles. The number of allylic oxidation sites excluding steroid dienone is 1. The van der Waals surface area contributed by atoms with Gasteiger partial charge < -0.3 is 19.5 Å². The minimum absolute atomic E-state index is 0.0228. The first-order valence-corrected chi connectivity index (χ1v) is 13.9. The molecule has 1 aliphatic rings. The summed E-state index contributed by atoms with van der Waals surface area (Å²) in [6.07, 6.45) is 1.71. The van der Waals surface area contributed by atoms with Crippen molar-refractivity contribution in [2.75, 3.05) is 27.3 Å². The maximum atomic E-state index is 14.1. The molecule has 8 nitrogen and oxygen atoms in total. The summed E-state index contributed by atoms with van der Waals surface area (Å²) in [6, 6.07) is 15.9. The third-order valence-electron chi connectivity index (χ3n) is 7.23. The van der Waals surface area contributed by atoms with Crippen LogP contribution < -0.4 is 24.4 Å². The Hall–Kier alpha value is -4.37. The molecule has 0 bridgehead atoms. The van der Waals surface area contributed by atoms with Crippen molar-refractivity contribution in [2.45, 2.75) is 26.8 Å². The third kappa shape index (κ3) is 4.56. The van der Waals surface area contributed by atoms with Crippen molar-refractivity contribution >= 4 is 34.1 Å². The van der Waals surface area contributed by atoms with E-state index >= 15 is 0 Å².